The van der Waals surface area contributed by atoms with Crippen LogP contribution in [0.3, 0.4) is 0 Å². The Hall–Kier alpha value is -0.790. The van der Waals surface area contributed by atoms with Crippen molar-refractivity contribution < 1.29 is 0 Å². The third kappa shape index (κ3) is 3.37. The second-order valence-electron chi connectivity index (χ2n) is 4.66. The SMILES string of the molecule is Cc1cccc(CC(Cl)c2cc(Br)ccc2C)c1. The molecule has 94 valence electrons. The molecule has 2 rings (SSSR count). The first-order valence-corrected chi connectivity index (χ1v) is 7.25. The fourth-order valence-electron chi connectivity index (χ4n) is 2.10. The van der Waals surface area contributed by atoms with Crippen molar-refractivity contribution in [2.24, 2.45) is 0 Å². The van der Waals surface area contributed by atoms with Crippen LogP contribution >= 0.6 is 27.5 Å². The van der Waals surface area contributed by atoms with Gasteiger partial charge in [0.05, 0.1) is 5.38 Å². The van der Waals surface area contributed by atoms with Gasteiger partial charge >= 0.3 is 0 Å². The highest BCUT2D eigenvalue weighted by Gasteiger charge is 2.12. The monoisotopic (exact) mass is 322 g/mol. The molecule has 0 saturated carbocycles. The number of aryl methyl sites for hydroxylation is 2. The zero-order valence-electron chi connectivity index (χ0n) is 10.6. The smallest absolute Gasteiger partial charge is 0.0628 e. The number of halogens is 2. The molecule has 0 aliphatic carbocycles. The van der Waals surface area contributed by atoms with Crippen molar-refractivity contribution in [1.29, 1.82) is 0 Å². The Labute approximate surface area is 122 Å². The van der Waals surface area contributed by atoms with Gasteiger partial charge in [-0.3, -0.25) is 0 Å². The molecule has 2 aromatic rings. The molecule has 2 aromatic carbocycles. The molecule has 0 heterocycles. The molecule has 0 amide bonds. The molecule has 0 spiro atoms. The molecule has 0 nitrogen and oxygen atoms in total. The Morgan fingerprint density at radius 1 is 1.11 bits per heavy atom. The molecule has 0 radical (unpaired) electrons. The van der Waals surface area contributed by atoms with Crippen molar-refractivity contribution in [2.45, 2.75) is 25.6 Å². The van der Waals surface area contributed by atoms with Crippen molar-refractivity contribution in [3.63, 3.8) is 0 Å². The van der Waals surface area contributed by atoms with Crippen LogP contribution in [0.25, 0.3) is 0 Å². The van der Waals surface area contributed by atoms with Gasteiger partial charge in [0.2, 0.25) is 0 Å². The molecule has 0 aliphatic rings. The summed E-state index contributed by atoms with van der Waals surface area (Å²) in [6.45, 7) is 4.21. The maximum absolute atomic E-state index is 6.55. The minimum atomic E-state index is 0.0179. The summed E-state index contributed by atoms with van der Waals surface area (Å²) in [6, 6.07) is 14.8. The Balaban J connectivity index is 2.21. The van der Waals surface area contributed by atoms with E-state index in [1.54, 1.807) is 0 Å². The van der Waals surface area contributed by atoms with E-state index in [0.29, 0.717) is 0 Å². The third-order valence-corrected chi connectivity index (χ3v) is 3.96. The molecule has 1 unspecified atom stereocenters. The van der Waals surface area contributed by atoms with Gasteiger partial charge in [0.15, 0.2) is 0 Å². The molecule has 0 fully saturated rings. The molecule has 18 heavy (non-hydrogen) atoms. The molecule has 0 bridgehead atoms. The van der Waals surface area contributed by atoms with E-state index in [1.807, 2.05) is 0 Å². The van der Waals surface area contributed by atoms with E-state index in [1.165, 1.54) is 22.3 Å². The molecule has 0 saturated heterocycles. The van der Waals surface area contributed by atoms with Crippen LogP contribution in [0.15, 0.2) is 46.9 Å². The lowest BCUT2D eigenvalue weighted by molar-refractivity contribution is 0.907. The predicted molar refractivity (Wildman–Crippen MR) is 82.4 cm³/mol. The Kier molecular flexibility index (Phi) is 4.47. The van der Waals surface area contributed by atoms with Crippen LogP contribution < -0.4 is 0 Å². The molecule has 2 heteroatoms. The van der Waals surface area contributed by atoms with Crippen LogP contribution in [0.4, 0.5) is 0 Å². The highest BCUT2D eigenvalue weighted by Crippen LogP contribution is 2.30. The third-order valence-electron chi connectivity index (χ3n) is 3.08. The first-order chi connectivity index (χ1) is 8.56. The lowest BCUT2D eigenvalue weighted by Gasteiger charge is -2.13. The molecule has 0 aliphatic heterocycles. The largest absolute Gasteiger partial charge is 0.117 e. The van der Waals surface area contributed by atoms with E-state index >= 15 is 0 Å². The van der Waals surface area contributed by atoms with Gasteiger partial charge in [0.25, 0.3) is 0 Å². The van der Waals surface area contributed by atoms with Gasteiger partial charge < -0.3 is 0 Å². The summed E-state index contributed by atoms with van der Waals surface area (Å²) in [6.07, 6.45) is 0.862. The van der Waals surface area contributed by atoms with Crippen molar-refractivity contribution >= 4 is 27.5 Å². The quantitative estimate of drug-likeness (QED) is 0.646. The first kappa shape index (κ1) is 13.6. The number of rotatable bonds is 3. The van der Waals surface area contributed by atoms with Gasteiger partial charge in [-0.25, -0.2) is 0 Å². The van der Waals surface area contributed by atoms with Gasteiger partial charge in [-0.15, -0.1) is 11.6 Å². The highest BCUT2D eigenvalue weighted by molar-refractivity contribution is 9.10. The van der Waals surface area contributed by atoms with Crippen LogP contribution in [-0.2, 0) is 6.42 Å². The van der Waals surface area contributed by atoms with Gasteiger partial charge in [0.1, 0.15) is 0 Å². The van der Waals surface area contributed by atoms with E-state index in [-0.39, 0.29) is 5.38 Å². The average Bonchev–Trinajstić information content (AvgIpc) is 2.32. The minimum absolute atomic E-state index is 0.0179. The lowest BCUT2D eigenvalue weighted by atomic mass is 9.99. The number of alkyl halides is 1. The molecular weight excluding hydrogens is 308 g/mol. The van der Waals surface area contributed by atoms with Gasteiger partial charge in [-0.2, -0.15) is 0 Å². The maximum atomic E-state index is 6.55. The molecular formula is C16H16BrCl. The second kappa shape index (κ2) is 5.90. The minimum Gasteiger partial charge on any atom is -0.117 e. The first-order valence-electron chi connectivity index (χ1n) is 6.02. The maximum Gasteiger partial charge on any atom is 0.0628 e. The number of hydrogen-bond acceptors (Lipinski definition) is 0. The Bertz CT molecular complexity index is 549. The summed E-state index contributed by atoms with van der Waals surface area (Å²) >= 11 is 10.1. The van der Waals surface area contributed by atoms with Gasteiger partial charge in [-0.05, 0) is 49.1 Å². The number of hydrogen-bond donors (Lipinski definition) is 0. The van der Waals surface area contributed by atoms with E-state index in [4.69, 9.17) is 11.6 Å². The van der Waals surface area contributed by atoms with Crippen LogP contribution in [0.1, 0.15) is 27.6 Å². The summed E-state index contributed by atoms with van der Waals surface area (Å²) in [5.41, 5.74) is 5.01. The summed E-state index contributed by atoms with van der Waals surface area (Å²) in [5.74, 6) is 0. The lowest BCUT2D eigenvalue weighted by Crippen LogP contribution is -1.99. The van der Waals surface area contributed by atoms with Crippen molar-refractivity contribution in [3.05, 3.63) is 69.2 Å². The van der Waals surface area contributed by atoms with Crippen LogP contribution in [0, 0.1) is 13.8 Å². The standard InChI is InChI=1S/C16H16BrCl/c1-11-4-3-5-13(8-11)9-16(18)15-10-14(17)7-6-12(15)2/h3-8,10,16H,9H2,1-2H3. The van der Waals surface area contributed by atoms with Gasteiger partial charge in [0, 0.05) is 4.47 Å². The van der Waals surface area contributed by atoms with E-state index < -0.39 is 0 Å². The molecule has 0 aromatic heterocycles. The predicted octanol–water partition coefficient (Wildman–Crippen LogP) is 5.59. The van der Waals surface area contributed by atoms with Crippen molar-refractivity contribution in [3.8, 4) is 0 Å². The molecule has 1 atom stereocenters. The Morgan fingerprint density at radius 2 is 1.89 bits per heavy atom. The number of benzene rings is 2. The van der Waals surface area contributed by atoms with E-state index in [0.717, 1.165) is 10.9 Å². The van der Waals surface area contributed by atoms with Crippen LogP contribution in [0.5, 0.6) is 0 Å². The van der Waals surface area contributed by atoms with E-state index in [2.05, 4.69) is 72.2 Å². The second-order valence-corrected chi connectivity index (χ2v) is 6.10. The summed E-state index contributed by atoms with van der Waals surface area (Å²) in [4.78, 5) is 0. The molecule has 0 N–H and O–H groups in total. The summed E-state index contributed by atoms with van der Waals surface area (Å²) in [7, 11) is 0. The van der Waals surface area contributed by atoms with Crippen LogP contribution in [0.2, 0.25) is 0 Å². The summed E-state index contributed by atoms with van der Waals surface area (Å²) in [5, 5.41) is 0.0179. The van der Waals surface area contributed by atoms with Crippen molar-refractivity contribution in [1.82, 2.24) is 0 Å². The highest BCUT2D eigenvalue weighted by atomic mass is 79.9. The average molecular weight is 324 g/mol. The van der Waals surface area contributed by atoms with E-state index in [9.17, 15) is 0 Å². The summed E-state index contributed by atoms with van der Waals surface area (Å²) < 4.78 is 1.08. The fraction of sp³-hybridized carbons (Fsp3) is 0.250. The normalized spacial score (nSPS) is 12.4. The topological polar surface area (TPSA) is 0 Å². The zero-order valence-corrected chi connectivity index (χ0v) is 12.9. The van der Waals surface area contributed by atoms with Crippen molar-refractivity contribution in [2.75, 3.05) is 0 Å². The zero-order chi connectivity index (χ0) is 13.1. The fourth-order valence-corrected chi connectivity index (χ4v) is 2.90. The van der Waals surface area contributed by atoms with Crippen LogP contribution in [-0.4, -0.2) is 0 Å². The van der Waals surface area contributed by atoms with Gasteiger partial charge in [-0.1, -0.05) is 51.8 Å². The Morgan fingerprint density at radius 3 is 2.61 bits per heavy atom.